The second-order valence-electron chi connectivity index (χ2n) is 4.67. The second kappa shape index (κ2) is 5.79. The second-order valence-corrected chi connectivity index (χ2v) is 4.67. The summed E-state index contributed by atoms with van der Waals surface area (Å²) in [7, 11) is 0. The highest BCUT2D eigenvalue weighted by Crippen LogP contribution is 2.29. The number of nitrogen functional groups attached to an aromatic ring is 1. The minimum absolute atomic E-state index is 0.0726. The van der Waals surface area contributed by atoms with Gasteiger partial charge in [0, 0.05) is 0 Å². The molecule has 104 valence electrons. The summed E-state index contributed by atoms with van der Waals surface area (Å²) in [6.45, 7) is 0. The van der Waals surface area contributed by atoms with Crippen molar-refractivity contribution in [1.82, 2.24) is 9.97 Å². The van der Waals surface area contributed by atoms with Crippen molar-refractivity contribution in [3.05, 3.63) is 16.4 Å². The van der Waals surface area contributed by atoms with Crippen LogP contribution in [0.3, 0.4) is 0 Å². The smallest absolute Gasteiger partial charge is 0.352 e. The largest absolute Gasteiger partial charge is 0.391 e. The lowest BCUT2D eigenvalue weighted by atomic mass is 10.1. The van der Waals surface area contributed by atoms with Crippen molar-refractivity contribution in [2.75, 3.05) is 11.1 Å². The first-order valence-corrected chi connectivity index (χ1v) is 6.29. The summed E-state index contributed by atoms with van der Waals surface area (Å²) in [6.07, 6.45) is 5.08. The zero-order chi connectivity index (χ0) is 13.8. The van der Waals surface area contributed by atoms with E-state index in [1.807, 2.05) is 0 Å². The normalized spacial score (nSPS) is 23.6. The van der Waals surface area contributed by atoms with Crippen LogP contribution in [0, 0.1) is 10.1 Å². The predicted molar refractivity (Wildman–Crippen MR) is 69.6 cm³/mol. The van der Waals surface area contributed by atoms with Crippen molar-refractivity contribution in [1.29, 1.82) is 0 Å². The van der Waals surface area contributed by atoms with E-state index < -0.39 is 11.0 Å². The quantitative estimate of drug-likeness (QED) is 0.424. The molecule has 8 heteroatoms. The third-order valence-corrected chi connectivity index (χ3v) is 3.33. The Morgan fingerprint density at radius 3 is 2.84 bits per heavy atom. The van der Waals surface area contributed by atoms with E-state index in [1.165, 1.54) is 6.33 Å². The van der Waals surface area contributed by atoms with E-state index in [0.29, 0.717) is 6.42 Å². The van der Waals surface area contributed by atoms with E-state index in [0.717, 1.165) is 25.7 Å². The molecule has 1 heterocycles. The molecule has 2 unspecified atom stereocenters. The van der Waals surface area contributed by atoms with Gasteiger partial charge in [-0.15, -0.1) is 0 Å². The predicted octanol–water partition coefficient (Wildman–Crippen LogP) is 1.07. The molecule has 4 N–H and O–H groups in total. The van der Waals surface area contributed by atoms with Crippen LogP contribution in [0.5, 0.6) is 0 Å². The molecule has 2 rings (SSSR count). The van der Waals surface area contributed by atoms with Gasteiger partial charge < -0.3 is 16.2 Å². The van der Waals surface area contributed by atoms with Gasteiger partial charge in [-0.05, 0) is 12.8 Å². The van der Waals surface area contributed by atoms with Gasteiger partial charge >= 0.3 is 5.69 Å². The Morgan fingerprint density at radius 2 is 2.11 bits per heavy atom. The molecule has 0 aliphatic heterocycles. The zero-order valence-corrected chi connectivity index (χ0v) is 10.5. The minimum atomic E-state index is -0.610. The van der Waals surface area contributed by atoms with Crippen LogP contribution in [0.1, 0.15) is 32.1 Å². The number of nitrogens with one attached hydrogen (secondary N) is 1. The molecule has 0 aromatic carbocycles. The van der Waals surface area contributed by atoms with E-state index in [-0.39, 0.29) is 23.4 Å². The molecule has 1 aliphatic carbocycles. The van der Waals surface area contributed by atoms with Gasteiger partial charge in [0.25, 0.3) is 0 Å². The molecule has 0 amide bonds. The number of rotatable bonds is 3. The maximum atomic E-state index is 11.0. The van der Waals surface area contributed by atoms with Gasteiger partial charge in [-0.1, -0.05) is 19.3 Å². The molecular weight excluding hydrogens is 250 g/mol. The van der Waals surface area contributed by atoms with Crippen molar-refractivity contribution >= 4 is 17.3 Å². The number of aromatic nitrogens is 2. The first-order valence-electron chi connectivity index (χ1n) is 6.29. The van der Waals surface area contributed by atoms with Gasteiger partial charge in [-0.25, -0.2) is 9.97 Å². The highest BCUT2D eigenvalue weighted by Gasteiger charge is 2.27. The van der Waals surface area contributed by atoms with Crippen molar-refractivity contribution in [3.63, 3.8) is 0 Å². The number of anilines is 2. The molecule has 8 nitrogen and oxygen atoms in total. The first kappa shape index (κ1) is 13.5. The summed E-state index contributed by atoms with van der Waals surface area (Å²) in [5.74, 6) is -0.103. The van der Waals surface area contributed by atoms with Gasteiger partial charge in [0.2, 0.25) is 11.6 Å². The Balaban J connectivity index is 2.22. The fourth-order valence-electron chi connectivity index (χ4n) is 2.31. The van der Waals surface area contributed by atoms with Gasteiger partial charge in [0.15, 0.2) is 0 Å². The summed E-state index contributed by atoms with van der Waals surface area (Å²) in [6, 6.07) is -0.240. The molecular formula is C11H17N5O3. The molecule has 1 aliphatic rings. The molecule has 0 bridgehead atoms. The summed E-state index contributed by atoms with van der Waals surface area (Å²) in [5.41, 5.74) is 5.16. The Bertz CT molecular complexity index is 468. The van der Waals surface area contributed by atoms with Crippen LogP contribution in [0.4, 0.5) is 17.3 Å². The molecule has 19 heavy (non-hydrogen) atoms. The minimum Gasteiger partial charge on any atom is -0.391 e. The van der Waals surface area contributed by atoms with E-state index in [1.54, 1.807) is 0 Å². The van der Waals surface area contributed by atoms with E-state index in [4.69, 9.17) is 5.73 Å². The molecule has 1 aromatic heterocycles. The summed E-state index contributed by atoms with van der Waals surface area (Å²) >= 11 is 0. The van der Waals surface area contributed by atoms with Crippen LogP contribution in [0.25, 0.3) is 0 Å². The molecule has 0 saturated heterocycles. The summed E-state index contributed by atoms with van der Waals surface area (Å²) in [5, 5.41) is 23.9. The number of hydrogen-bond donors (Lipinski definition) is 3. The summed E-state index contributed by atoms with van der Waals surface area (Å²) < 4.78 is 0. The van der Waals surface area contributed by atoms with E-state index in [9.17, 15) is 15.2 Å². The van der Waals surface area contributed by atoms with Gasteiger partial charge in [-0.3, -0.25) is 10.1 Å². The molecule has 0 spiro atoms. The van der Waals surface area contributed by atoms with Crippen LogP contribution >= 0.6 is 0 Å². The molecule has 1 fully saturated rings. The fraction of sp³-hybridized carbons (Fsp3) is 0.636. The van der Waals surface area contributed by atoms with Crippen molar-refractivity contribution < 1.29 is 10.0 Å². The number of hydrogen-bond acceptors (Lipinski definition) is 7. The average Bonchev–Trinajstić information content (AvgIpc) is 2.54. The lowest BCUT2D eigenvalue weighted by Gasteiger charge is -2.22. The van der Waals surface area contributed by atoms with Gasteiger partial charge in [0.05, 0.1) is 17.1 Å². The Kier molecular flexibility index (Phi) is 4.10. The third-order valence-electron chi connectivity index (χ3n) is 3.33. The van der Waals surface area contributed by atoms with Gasteiger partial charge in [-0.2, -0.15) is 0 Å². The monoisotopic (exact) mass is 267 g/mol. The molecule has 2 atom stereocenters. The van der Waals surface area contributed by atoms with Crippen LogP contribution in [0.2, 0.25) is 0 Å². The molecule has 0 radical (unpaired) electrons. The molecule has 1 saturated carbocycles. The average molecular weight is 267 g/mol. The van der Waals surface area contributed by atoms with Crippen LogP contribution in [-0.2, 0) is 0 Å². The fourth-order valence-corrected chi connectivity index (χ4v) is 2.31. The highest BCUT2D eigenvalue weighted by molar-refractivity contribution is 5.67. The van der Waals surface area contributed by atoms with Crippen LogP contribution < -0.4 is 11.1 Å². The first-order chi connectivity index (χ1) is 9.09. The standard InChI is InChI=1S/C11H17N5O3/c12-10-9(16(18)19)11(14-6-13-10)15-7-4-2-1-3-5-8(7)17/h6-8,17H,1-5H2,(H3,12,13,14,15). The number of aliphatic hydroxyl groups excluding tert-OH is 1. The topological polar surface area (TPSA) is 127 Å². The zero-order valence-electron chi connectivity index (χ0n) is 10.5. The molecule has 1 aromatic rings. The van der Waals surface area contributed by atoms with Crippen molar-refractivity contribution in [3.8, 4) is 0 Å². The lowest BCUT2D eigenvalue weighted by molar-refractivity contribution is -0.383. The van der Waals surface area contributed by atoms with Crippen molar-refractivity contribution in [2.24, 2.45) is 0 Å². The number of nitro groups is 1. The lowest BCUT2D eigenvalue weighted by Crippen LogP contribution is -2.33. The maximum Gasteiger partial charge on any atom is 0.352 e. The number of nitrogens with zero attached hydrogens (tertiary/aromatic N) is 3. The van der Waals surface area contributed by atoms with Gasteiger partial charge in [0.1, 0.15) is 6.33 Å². The van der Waals surface area contributed by atoms with Crippen LogP contribution in [0.15, 0.2) is 6.33 Å². The SMILES string of the molecule is Nc1ncnc(NC2CCCCCC2O)c1[N+](=O)[O-]. The number of nitrogens with two attached hydrogens (primary N) is 1. The Hall–Kier alpha value is -1.96. The third kappa shape index (κ3) is 3.08. The Labute approximate surface area is 110 Å². The van der Waals surface area contributed by atoms with Crippen molar-refractivity contribution in [2.45, 2.75) is 44.2 Å². The maximum absolute atomic E-state index is 11.0. The number of aliphatic hydroxyl groups is 1. The highest BCUT2D eigenvalue weighted by atomic mass is 16.6. The Morgan fingerprint density at radius 1 is 1.37 bits per heavy atom. The summed E-state index contributed by atoms with van der Waals surface area (Å²) in [4.78, 5) is 17.8. The van der Waals surface area contributed by atoms with Crippen LogP contribution in [-0.4, -0.2) is 32.1 Å². The van der Waals surface area contributed by atoms with E-state index in [2.05, 4.69) is 15.3 Å². The van der Waals surface area contributed by atoms with E-state index >= 15 is 0 Å².